The lowest BCUT2D eigenvalue weighted by Gasteiger charge is -2.28. The van der Waals surface area contributed by atoms with Crippen LogP contribution in [0, 0.1) is 0 Å². The number of rotatable bonds is 13. The first-order chi connectivity index (χ1) is 29.0. The highest BCUT2D eigenvalue weighted by Crippen LogP contribution is 2.39. The van der Waals surface area contributed by atoms with Gasteiger partial charge in [0.25, 0.3) is 5.56 Å². The van der Waals surface area contributed by atoms with Gasteiger partial charge in [0.2, 0.25) is 0 Å². The van der Waals surface area contributed by atoms with E-state index in [1.807, 2.05) is 42.5 Å². The third kappa shape index (κ3) is 10.6. The maximum Gasteiger partial charge on any atom is 0.490 e. The van der Waals surface area contributed by atoms with Gasteiger partial charge in [0, 0.05) is 29.9 Å². The standard InChI is InChI=1S/C37H38N6O11.C2HF3O2/c38-16-26-29(46)32(49)36(52-26)54-33(34-30(47)31(48)35(53-34)43-15-14-27(44)39-37(43)50)25-18-42(41-40-25)17-20-6-8-21(9-7-20)19-51-24-12-10-23(11-13-24)28(45)22-4-2-1-3-5-22;3-2(4,5)1(6)7/h1-15,18,26,29-36,46-49H,16-17,19,38H2,(H,39,44,50);(H,6,7)/t26-,29-,30+,31-,32-,33+,34+,35-,36+;/m1./s1. The number of H-pyrrole nitrogens is 1. The predicted octanol–water partition coefficient (Wildman–Crippen LogP) is 0.402. The summed E-state index contributed by atoms with van der Waals surface area (Å²) in [4.78, 5) is 47.8. The number of carbonyl (C=O) groups is 2. The minimum atomic E-state index is -5.08. The van der Waals surface area contributed by atoms with Crippen LogP contribution in [0.2, 0.25) is 0 Å². The fraction of sp³-hybridized carbons (Fsp3) is 0.333. The van der Waals surface area contributed by atoms with Crippen LogP contribution in [-0.2, 0) is 32.2 Å². The number of nitrogens with one attached hydrogen (secondary N) is 1. The molecule has 324 valence electrons. The number of nitrogens with zero attached hydrogens (tertiary/aromatic N) is 4. The van der Waals surface area contributed by atoms with Crippen molar-refractivity contribution in [2.45, 2.75) is 74.6 Å². The number of hydrogen-bond donors (Lipinski definition) is 7. The highest BCUT2D eigenvalue weighted by Gasteiger charge is 2.52. The lowest BCUT2D eigenvalue weighted by Crippen LogP contribution is -2.40. The van der Waals surface area contributed by atoms with Crippen molar-refractivity contribution in [3.05, 3.63) is 146 Å². The molecule has 2 aromatic heterocycles. The van der Waals surface area contributed by atoms with Gasteiger partial charge in [0.1, 0.15) is 60.8 Å². The summed E-state index contributed by atoms with van der Waals surface area (Å²) in [5.41, 5.74) is 7.16. The second-order valence-electron chi connectivity index (χ2n) is 13.8. The summed E-state index contributed by atoms with van der Waals surface area (Å²) >= 11 is 0. The molecule has 0 unspecified atom stereocenters. The van der Waals surface area contributed by atoms with Crippen LogP contribution in [0.25, 0.3) is 0 Å². The number of halogens is 3. The van der Waals surface area contributed by atoms with Crippen molar-refractivity contribution in [2.24, 2.45) is 5.73 Å². The first kappa shape index (κ1) is 44.4. The van der Waals surface area contributed by atoms with Crippen LogP contribution in [0.1, 0.15) is 45.1 Å². The summed E-state index contributed by atoms with van der Waals surface area (Å²) < 4.78 is 57.7. The lowest BCUT2D eigenvalue weighted by molar-refractivity contribution is -0.224. The van der Waals surface area contributed by atoms with E-state index in [9.17, 15) is 48.0 Å². The molecule has 0 amide bonds. The summed E-state index contributed by atoms with van der Waals surface area (Å²) in [6, 6.07) is 24.6. The van der Waals surface area contributed by atoms with E-state index >= 15 is 0 Å². The average Bonchev–Trinajstić information content (AvgIpc) is 3.91. The molecule has 2 fully saturated rings. The van der Waals surface area contributed by atoms with E-state index in [0.717, 1.165) is 28.0 Å². The highest BCUT2D eigenvalue weighted by molar-refractivity contribution is 6.09. The molecule has 3 aromatic carbocycles. The average molecular weight is 857 g/mol. The molecule has 7 rings (SSSR count). The Morgan fingerprint density at radius 3 is 2.10 bits per heavy atom. The molecule has 0 radical (unpaired) electrons. The molecule has 9 atom stereocenters. The van der Waals surface area contributed by atoms with Gasteiger partial charge in [0.05, 0.1) is 12.7 Å². The molecule has 61 heavy (non-hydrogen) atoms. The lowest BCUT2D eigenvalue weighted by atomic mass is 10.0. The van der Waals surface area contributed by atoms with Crippen LogP contribution in [0.5, 0.6) is 5.75 Å². The van der Waals surface area contributed by atoms with E-state index in [4.69, 9.17) is 34.6 Å². The van der Waals surface area contributed by atoms with E-state index in [1.54, 1.807) is 36.4 Å². The van der Waals surface area contributed by atoms with Crippen molar-refractivity contribution >= 4 is 11.8 Å². The minimum absolute atomic E-state index is 0.0695. The summed E-state index contributed by atoms with van der Waals surface area (Å²) in [5.74, 6) is -2.22. The number of alkyl halides is 3. The third-order valence-corrected chi connectivity index (χ3v) is 9.55. The van der Waals surface area contributed by atoms with Gasteiger partial charge in [0.15, 0.2) is 18.3 Å². The molecular weight excluding hydrogens is 817 g/mol. The molecule has 0 spiro atoms. The van der Waals surface area contributed by atoms with Crippen LogP contribution >= 0.6 is 0 Å². The predicted molar refractivity (Wildman–Crippen MR) is 201 cm³/mol. The number of ketones is 1. The summed E-state index contributed by atoms with van der Waals surface area (Å²) in [6.07, 6.45) is -15.2. The first-order valence-corrected chi connectivity index (χ1v) is 18.3. The Morgan fingerprint density at radius 2 is 1.49 bits per heavy atom. The van der Waals surface area contributed by atoms with Crippen LogP contribution in [0.4, 0.5) is 13.2 Å². The number of carbonyl (C=O) groups excluding carboxylic acids is 1. The molecule has 0 bridgehead atoms. The number of aromatic amines is 1. The Hall–Kier alpha value is -6.11. The summed E-state index contributed by atoms with van der Waals surface area (Å²) in [7, 11) is 0. The second-order valence-corrected chi connectivity index (χ2v) is 13.8. The largest absolute Gasteiger partial charge is 0.490 e. The van der Waals surface area contributed by atoms with Gasteiger partial charge in [-0.3, -0.25) is 19.1 Å². The van der Waals surface area contributed by atoms with Crippen molar-refractivity contribution in [2.75, 3.05) is 6.54 Å². The number of nitrogens with two attached hydrogens (primary N) is 1. The highest BCUT2D eigenvalue weighted by atomic mass is 19.4. The van der Waals surface area contributed by atoms with Crippen molar-refractivity contribution in [3.63, 3.8) is 0 Å². The van der Waals surface area contributed by atoms with E-state index in [2.05, 4.69) is 15.3 Å². The van der Waals surface area contributed by atoms with E-state index in [1.165, 1.54) is 10.9 Å². The Labute approximate surface area is 341 Å². The quantitative estimate of drug-likeness (QED) is 0.0790. The first-order valence-electron chi connectivity index (χ1n) is 18.3. The van der Waals surface area contributed by atoms with E-state index < -0.39 is 78.6 Å². The SMILES string of the molecule is NC[C@H]1O[C@@H](O[C@@H](c2cn(Cc3ccc(COc4ccc(C(=O)c5ccccc5)cc4)cc3)nn2)[C@H]2O[C@@H](n3ccc(=O)[nH]c3=O)[C@H](O)[C@@H]2O)[C@H](O)[C@@H]1O.O=C(O)C(F)(F)F. The maximum atomic E-state index is 12.7. The number of aromatic nitrogens is 5. The molecule has 4 heterocycles. The van der Waals surface area contributed by atoms with Crippen LogP contribution in [0.15, 0.2) is 107 Å². The molecular formula is C39H39F3N6O13. The number of aliphatic hydroxyl groups excluding tert-OH is 4. The number of ether oxygens (including phenoxy) is 4. The molecule has 0 aliphatic carbocycles. The number of aliphatic carboxylic acids is 1. The van der Waals surface area contributed by atoms with Crippen molar-refractivity contribution in [3.8, 4) is 5.75 Å². The fourth-order valence-corrected chi connectivity index (χ4v) is 6.35. The molecule has 2 saturated heterocycles. The minimum Gasteiger partial charge on any atom is -0.489 e. The second kappa shape index (κ2) is 19.1. The van der Waals surface area contributed by atoms with E-state index in [-0.39, 0.29) is 31.2 Å². The normalized spacial score (nSPS) is 24.1. The van der Waals surface area contributed by atoms with Crippen LogP contribution < -0.4 is 21.7 Å². The van der Waals surface area contributed by atoms with Crippen molar-refractivity contribution in [1.29, 1.82) is 0 Å². The number of aliphatic hydroxyl groups is 4. The molecule has 19 nitrogen and oxygen atoms in total. The zero-order chi connectivity index (χ0) is 44.0. The van der Waals surface area contributed by atoms with Gasteiger partial charge in [-0.1, -0.05) is 59.8 Å². The molecule has 2 aliphatic heterocycles. The Morgan fingerprint density at radius 1 is 0.852 bits per heavy atom. The van der Waals surface area contributed by atoms with Crippen molar-refractivity contribution < 1.29 is 67.2 Å². The Kier molecular flexibility index (Phi) is 13.9. The topological polar surface area (TPSA) is 284 Å². The number of carboxylic acids is 1. The molecule has 22 heteroatoms. The van der Waals surface area contributed by atoms with Crippen LogP contribution in [0.3, 0.4) is 0 Å². The zero-order valence-corrected chi connectivity index (χ0v) is 31.6. The number of carboxylic acid groups (broad SMARTS) is 1. The smallest absolute Gasteiger partial charge is 0.489 e. The summed E-state index contributed by atoms with van der Waals surface area (Å²) in [5, 5.41) is 58.6. The molecule has 8 N–H and O–H groups in total. The Bertz CT molecular complexity index is 2380. The summed E-state index contributed by atoms with van der Waals surface area (Å²) in [6.45, 7) is 0.433. The van der Waals surface area contributed by atoms with Gasteiger partial charge in [-0.2, -0.15) is 13.2 Å². The van der Waals surface area contributed by atoms with Gasteiger partial charge in [-0.15, -0.1) is 5.10 Å². The van der Waals surface area contributed by atoms with Crippen molar-refractivity contribution in [1.82, 2.24) is 24.5 Å². The monoisotopic (exact) mass is 856 g/mol. The zero-order valence-electron chi connectivity index (χ0n) is 31.6. The molecule has 5 aromatic rings. The van der Waals surface area contributed by atoms with Crippen LogP contribution in [-0.4, -0.2) is 117 Å². The number of hydrogen-bond acceptors (Lipinski definition) is 15. The van der Waals surface area contributed by atoms with Gasteiger partial charge in [-0.05, 0) is 35.4 Å². The molecule has 0 saturated carbocycles. The molecule has 2 aliphatic rings. The van der Waals surface area contributed by atoms with Gasteiger partial charge < -0.3 is 50.2 Å². The van der Waals surface area contributed by atoms with E-state index in [0.29, 0.717) is 16.9 Å². The van der Waals surface area contributed by atoms with Gasteiger partial charge >= 0.3 is 17.8 Å². The fourth-order valence-electron chi connectivity index (χ4n) is 6.35. The maximum absolute atomic E-state index is 12.7. The van der Waals surface area contributed by atoms with Gasteiger partial charge in [-0.25, -0.2) is 14.3 Å². The number of benzene rings is 3. The Balaban J connectivity index is 0.000000819. The third-order valence-electron chi connectivity index (χ3n) is 9.55.